The van der Waals surface area contributed by atoms with Crippen molar-refractivity contribution in [3.05, 3.63) is 106 Å². The number of esters is 1. The SMILES string of the molecule is CCOc1ccccc1Oc1c(C(F)(F)F)oc2cc(OC(=O)c3cccc4ccccc34)ccc2c1=O. The molecule has 5 rings (SSSR count). The van der Waals surface area contributed by atoms with Gasteiger partial charge >= 0.3 is 12.1 Å². The number of para-hydroxylation sites is 2. The summed E-state index contributed by atoms with van der Waals surface area (Å²) in [6.07, 6.45) is -5.06. The maximum atomic E-state index is 14.0. The normalized spacial score (nSPS) is 11.5. The van der Waals surface area contributed by atoms with Crippen molar-refractivity contribution in [2.24, 2.45) is 0 Å². The Balaban J connectivity index is 1.55. The van der Waals surface area contributed by atoms with Gasteiger partial charge < -0.3 is 18.6 Å². The average molecular weight is 520 g/mol. The molecule has 0 aliphatic carbocycles. The minimum absolute atomic E-state index is 0.0767. The van der Waals surface area contributed by atoms with Gasteiger partial charge in [-0.2, -0.15) is 13.2 Å². The highest BCUT2D eigenvalue weighted by atomic mass is 19.4. The Morgan fingerprint density at radius 3 is 2.34 bits per heavy atom. The van der Waals surface area contributed by atoms with Crippen LogP contribution in [0, 0.1) is 0 Å². The molecule has 0 fully saturated rings. The third-order valence-electron chi connectivity index (χ3n) is 5.66. The third kappa shape index (κ3) is 4.78. The highest BCUT2D eigenvalue weighted by molar-refractivity contribution is 6.05. The van der Waals surface area contributed by atoms with Crippen molar-refractivity contribution < 1.29 is 36.6 Å². The maximum Gasteiger partial charge on any atom is 0.453 e. The molecule has 0 aliphatic heterocycles. The molecular weight excluding hydrogens is 501 g/mol. The van der Waals surface area contributed by atoms with E-state index in [9.17, 15) is 22.8 Å². The largest absolute Gasteiger partial charge is 0.490 e. The van der Waals surface area contributed by atoms with Crippen molar-refractivity contribution in [3.63, 3.8) is 0 Å². The Morgan fingerprint density at radius 1 is 0.868 bits per heavy atom. The third-order valence-corrected chi connectivity index (χ3v) is 5.66. The summed E-state index contributed by atoms with van der Waals surface area (Å²) in [5.74, 6) is -3.38. The van der Waals surface area contributed by atoms with Crippen LogP contribution in [0.15, 0.2) is 94.1 Å². The van der Waals surface area contributed by atoms with E-state index in [4.69, 9.17) is 18.6 Å². The van der Waals surface area contributed by atoms with E-state index < -0.39 is 34.7 Å². The smallest absolute Gasteiger partial charge is 0.453 e. The molecule has 192 valence electrons. The number of ether oxygens (including phenoxy) is 3. The average Bonchev–Trinajstić information content (AvgIpc) is 2.90. The molecule has 0 bridgehead atoms. The van der Waals surface area contributed by atoms with E-state index in [-0.39, 0.29) is 34.8 Å². The summed E-state index contributed by atoms with van der Waals surface area (Å²) in [5, 5.41) is 1.28. The minimum atomic E-state index is -5.06. The van der Waals surface area contributed by atoms with Crippen molar-refractivity contribution in [1.82, 2.24) is 0 Å². The molecule has 0 N–H and O–H groups in total. The molecular formula is C29H19F3O6. The van der Waals surface area contributed by atoms with E-state index in [0.29, 0.717) is 5.39 Å². The summed E-state index contributed by atoms with van der Waals surface area (Å²) < 4.78 is 63.2. The molecule has 0 atom stereocenters. The number of carbonyl (C=O) groups excluding carboxylic acids is 1. The van der Waals surface area contributed by atoms with Gasteiger partial charge in [-0.25, -0.2) is 4.79 Å². The van der Waals surface area contributed by atoms with Gasteiger partial charge in [-0.15, -0.1) is 0 Å². The molecule has 5 aromatic rings. The van der Waals surface area contributed by atoms with Gasteiger partial charge in [0.2, 0.25) is 11.2 Å². The molecule has 6 nitrogen and oxygen atoms in total. The highest BCUT2D eigenvalue weighted by Crippen LogP contribution is 2.40. The maximum absolute atomic E-state index is 14.0. The minimum Gasteiger partial charge on any atom is -0.490 e. The number of benzene rings is 4. The van der Waals surface area contributed by atoms with Crippen LogP contribution in [0.25, 0.3) is 21.7 Å². The van der Waals surface area contributed by atoms with Gasteiger partial charge in [0.1, 0.15) is 11.3 Å². The van der Waals surface area contributed by atoms with Gasteiger partial charge in [0, 0.05) is 6.07 Å². The number of hydrogen-bond donors (Lipinski definition) is 0. The van der Waals surface area contributed by atoms with Gasteiger partial charge in [-0.3, -0.25) is 4.79 Å². The fraction of sp³-hybridized carbons (Fsp3) is 0.103. The van der Waals surface area contributed by atoms with Crippen LogP contribution in [0.2, 0.25) is 0 Å². The van der Waals surface area contributed by atoms with Gasteiger partial charge in [-0.05, 0) is 48.0 Å². The zero-order chi connectivity index (χ0) is 26.9. The summed E-state index contributed by atoms with van der Waals surface area (Å²) >= 11 is 0. The molecule has 1 heterocycles. The van der Waals surface area contributed by atoms with Crippen molar-refractivity contribution in [1.29, 1.82) is 0 Å². The Labute approximate surface area is 213 Å². The highest BCUT2D eigenvalue weighted by Gasteiger charge is 2.40. The molecule has 0 spiro atoms. The Hall–Kier alpha value is -4.79. The molecule has 38 heavy (non-hydrogen) atoms. The lowest BCUT2D eigenvalue weighted by Crippen LogP contribution is -2.16. The quantitative estimate of drug-likeness (QED) is 0.172. The molecule has 0 radical (unpaired) electrons. The first-order chi connectivity index (χ1) is 18.3. The molecule has 0 saturated heterocycles. The van der Waals surface area contributed by atoms with Gasteiger partial charge in [0.25, 0.3) is 5.76 Å². The topological polar surface area (TPSA) is 75.0 Å². The number of fused-ring (bicyclic) bond motifs is 2. The monoisotopic (exact) mass is 520 g/mol. The standard InChI is InChI=1S/C29H19F3O6/c1-2-35-22-12-5-6-13-23(22)37-26-25(33)21-15-14-18(16-24(21)38-27(26)29(30,31)32)36-28(34)20-11-7-9-17-8-3-4-10-19(17)20/h3-16H,2H2,1H3. The second-order valence-electron chi connectivity index (χ2n) is 8.14. The first-order valence-electron chi connectivity index (χ1n) is 11.5. The van der Waals surface area contributed by atoms with Crippen LogP contribution in [-0.2, 0) is 6.18 Å². The van der Waals surface area contributed by atoms with Gasteiger partial charge in [0.05, 0.1) is 17.6 Å². The van der Waals surface area contributed by atoms with Crippen LogP contribution in [0.1, 0.15) is 23.0 Å². The van der Waals surface area contributed by atoms with Crippen molar-refractivity contribution >= 4 is 27.7 Å². The van der Waals surface area contributed by atoms with E-state index in [1.165, 1.54) is 30.3 Å². The Morgan fingerprint density at radius 2 is 1.58 bits per heavy atom. The van der Waals surface area contributed by atoms with Crippen LogP contribution >= 0.6 is 0 Å². The fourth-order valence-corrected chi connectivity index (χ4v) is 3.98. The summed E-state index contributed by atoms with van der Waals surface area (Å²) in [5.41, 5.74) is -1.19. The van der Waals surface area contributed by atoms with Crippen LogP contribution in [0.5, 0.6) is 23.0 Å². The van der Waals surface area contributed by atoms with E-state index in [1.54, 1.807) is 37.3 Å². The summed E-state index contributed by atoms with van der Waals surface area (Å²) in [4.78, 5) is 26.0. The number of hydrogen-bond acceptors (Lipinski definition) is 6. The van der Waals surface area contributed by atoms with E-state index in [0.717, 1.165) is 11.5 Å². The zero-order valence-corrected chi connectivity index (χ0v) is 19.9. The lowest BCUT2D eigenvalue weighted by Gasteiger charge is -2.15. The van der Waals surface area contributed by atoms with Crippen LogP contribution in [-0.4, -0.2) is 12.6 Å². The molecule has 9 heteroatoms. The number of halogens is 3. The Kier molecular flexibility index (Phi) is 6.50. The predicted octanol–water partition coefficient (Wildman–Crippen LogP) is 7.38. The fourth-order valence-electron chi connectivity index (χ4n) is 3.98. The number of rotatable bonds is 6. The molecule has 4 aromatic carbocycles. The van der Waals surface area contributed by atoms with Gasteiger partial charge in [0.15, 0.2) is 11.5 Å². The summed E-state index contributed by atoms with van der Waals surface area (Å²) in [6.45, 7) is 1.94. The van der Waals surface area contributed by atoms with E-state index in [2.05, 4.69) is 0 Å². The first-order valence-corrected chi connectivity index (χ1v) is 11.5. The Bertz CT molecular complexity index is 1720. The van der Waals surface area contributed by atoms with Crippen LogP contribution in [0.3, 0.4) is 0 Å². The second kappa shape index (κ2) is 9.93. The molecule has 1 aromatic heterocycles. The van der Waals surface area contributed by atoms with Crippen LogP contribution in [0.4, 0.5) is 13.2 Å². The van der Waals surface area contributed by atoms with E-state index >= 15 is 0 Å². The van der Waals surface area contributed by atoms with E-state index in [1.807, 2.05) is 18.2 Å². The number of alkyl halides is 3. The van der Waals surface area contributed by atoms with Crippen molar-refractivity contribution in [3.8, 4) is 23.0 Å². The lowest BCUT2D eigenvalue weighted by molar-refractivity contribution is -0.154. The second-order valence-corrected chi connectivity index (χ2v) is 8.14. The molecule has 0 amide bonds. The predicted molar refractivity (Wildman–Crippen MR) is 134 cm³/mol. The summed E-state index contributed by atoms with van der Waals surface area (Å²) in [6, 6.07) is 21.9. The molecule has 0 saturated carbocycles. The lowest BCUT2D eigenvalue weighted by atomic mass is 10.0. The van der Waals surface area contributed by atoms with Crippen molar-refractivity contribution in [2.75, 3.05) is 6.61 Å². The molecule has 0 unspecified atom stereocenters. The van der Waals surface area contributed by atoms with Crippen LogP contribution < -0.4 is 19.6 Å². The molecule has 0 aliphatic rings. The number of carbonyl (C=O) groups is 1. The summed E-state index contributed by atoms with van der Waals surface area (Å²) in [7, 11) is 0. The van der Waals surface area contributed by atoms with Gasteiger partial charge in [-0.1, -0.05) is 48.5 Å². The zero-order valence-electron chi connectivity index (χ0n) is 19.9. The first kappa shape index (κ1) is 24.9. The van der Waals surface area contributed by atoms with Crippen molar-refractivity contribution in [2.45, 2.75) is 13.1 Å².